The van der Waals surface area contributed by atoms with E-state index in [1.807, 2.05) is 18.4 Å². The number of hydrogen-bond acceptors (Lipinski definition) is 4. The summed E-state index contributed by atoms with van der Waals surface area (Å²) in [5.74, 6) is -0.225. The van der Waals surface area contributed by atoms with Gasteiger partial charge >= 0.3 is 5.97 Å². The maximum Gasteiger partial charge on any atom is 0.322 e. The molecule has 1 atom stereocenters. The summed E-state index contributed by atoms with van der Waals surface area (Å²) in [6.45, 7) is 4.75. The van der Waals surface area contributed by atoms with E-state index in [4.69, 9.17) is 4.74 Å². The van der Waals surface area contributed by atoms with E-state index in [0.29, 0.717) is 6.42 Å². The first-order valence-electron chi connectivity index (χ1n) is 5.33. The van der Waals surface area contributed by atoms with Crippen LogP contribution in [0.5, 0.6) is 0 Å². The van der Waals surface area contributed by atoms with Gasteiger partial charge < -0.3 is 14.6 Å². The van der Waals surface area contributed by atoms with Gasteiger partial charge in [-0.1, -0.05) is 0 Å². The summed E-state index contributed by atoms with van der Waals surface area (Å²) in [6.07, 6.45) is 2.49. The molecule has 0 radical (unpaired) electrons. The molecule has 0 amide bonds. The molecule has 16 heavy (non-hydrogen) atoms. The minimum atomic E-state index is -0.257. The molecule has 0 spiro atoms. The largest absolute Gasteiger partial charge is 0.468 e. The highest BCUT2D eigenvalue weighted by atomic mass is 16.5. The number of likely N-dealkylation sites (N-methyl/N-ethyl adjacent to an activating group) is 1. The summed E-state index contributed by atoms with van der Waals surface area (Å²) in [4.78, 5) is 15.6. The monoisotopic (exact) mass is 225 g/mol. The van der Waals surface area contributed by atoms with Gasteiger partial charge in [0.2, 0.25) is 0 Å². The van der Waals surface area contributed by atoms with Gasteiger partial charge in [0.15, 0.2) is 0 Å². The Morgan fingerprint density at radius 2 is 2.31 bits per heavy atom. The fraction of sp³-hybridized carbons (Fsp3) is 0.636. The summed E-state index contributed by atoms with van der Waals surface area (Å²) < 4.78 is 6.75. The topological polar surface area (TPSA) is 56.2 Å². The molecule has 0 saturated heterocycles. The number of ether oxygens (including phenoxy) is 1. The van der Waals surface area contributed by atoms with Gasteiger partial charge in [0.1, 0.15) is 6.04 Å². The summed E-state index contributed by atoms with van der Waals surface area (Å²) >= 11 is 0. The van der Waals surface area contributed by atoms with Crippen molar-refractivity contribution in [3.05, 3.63) is 17.7 Å². The molecule has 5 nitrogen and oxygen atoms in total. The van der Waals surface area contributed by atoms with Crippen LogP contribution >= 0.6 is 0 Å². The second-order valence-corrected chi connectivity index (χ2v) is 3.76. The highest BCUT2D eigenvalue weighted by Crippen LogP contribution is 2.06. The van der Waals surface area contributed by atoms with E-state index in [-0.39, 0.29) is 12.0 Å². The highest BCUT2D eigenvalue weighted by molar-refractivity contribution is 5.75. The Bertz CT molecular complexity index is 360. The van der Waals surface area contributed by atoms with Gasteiger partial charge in [-0.05, 0) is 27.3 Å². The molecule has 1 N–H and O–H groups in total. The Hall–Kier alpha value is -1.36. The first kappa shape index (κ1) is 12.7. The van der Waals surface area contributed by atoms with Crippen LogP contribution in [0.1, 0.15) is 17.8 Å². The van der Waals surface area contributed by atoms with E-state index in [0.717, 1.165) is 17.9 Å². The number of nitrogens with zero attached hydrogens (tertiary/aromatic N) is 2. The van der Waals surface area contributed by atoms with E-state index < -0.39 is 0 Å². The molecule has 1 unspecified atom stereocenters. The Kier molecular flexibility index (Phi) is 4.49. The third-order valence-corrected chi connectivity index (χ3v) is 2.84. The average molecular weight is 225 g/mol. The van der Waals surface area contributed by atoms with E-state index in [2.05, 4.69) is 10.3 Å². The number of imidazole rings is 1. The van der Waals surface area contributed by atoms with E-state index in [1.54, 1.807) is 13.4 Å². The number of esters is 1. The van der Waals surface area contributed by atoms with Crippen molar-refractivity contribution in [1.29, 1.82) is 0 Å². The lowest BCUT2D eigenvalue weighted by atomic mass is 10.2. The quantitative estimate of drug-likeness (QED) is 0.748. The molecule has 0 aliphatic carbocycles. The molecule has 0 bridgehead atoms. The lowest BCUT2D eigenvalue weighted by molar-refractivity contribution is -0.143. The van der Waals surface area contributed by atoms with E-state index in [9.17, 15) is 4.79 Å². The number of carbonyl (C=O) groups is 1. The summed E-state index contributed by atoms with van der Waals surface area (Å²) in [5, 5.41) is 2.94. The Morgan fingerprint density at radius 1 is 1.62 bits per heavy atom. The van der Waals surface area contributed by atoms with Gasteiger partial charge in [-0.15, -0.1) is 0 Å². The van der Waals surface area contributed by atoms with Crippen LogP contribution in [0.25, 0.3) is 0 Å². The maximum absolute atomic E-state index is 11.3. The Labute approximate surface area is 95.8 Å². The zero-order chi connectivity index (χ0) is 12.1. The third kappa shape index (κ3) is 2.82. The SMILES string of the molecule is CNC(CCn1cnc(C)c1C)C(=O)OC. The number of rotatable bonds is 5. The van der Waals surface area contributed by atoms with E-state index >= 15 is 0 Å². The number of carbonyl (C=O) groups excluding carboxylic acids is 1. The minimum Gasteiger partial charge on any atom is -0.468 e. The van der Waals surface area contributed by atoms with Crippen molar-refractivity contribution in [1.82, 2.24) is 14.9 Å². The first-order chi connectivity index (χ1) is 7.60. The Balaban J connectivity index is 2.56. The lowest BCUT2D eigenvalue weighted by Gasteiger charge is -2.14. The fourth-order valence-corrected chi connectivity index (χ4v) is 1.56. The molecule has 90 valence electrons. The molecule has 1 aromatic rings. The summed E-state index contributed by atoms with van der Waals surface area (Å²) in [6, 6.07) is -0.257. The number of hydrogen-bond donors (Lipinski definition) is 1. The van der Waals surface area contributed by atoms with Gasteiger partial charge in [-0.2, -0.15) is 0 Å². The molecule has 0 fully saturated rings. The highest BCUT2D eigenvalue weighted by Gasteiger charge is 2.16. The van der Waals surface area contributed by atoms with Crippen molar-refractivity contribution in [2.75, 3.05) is 14.2 Å². The van der Waals surface area contributed by atoms with Crippen molar-refractivity contribution in [3.63, 3.8) is 0 Å². The van der Waals surface area contributed by atoms with Gasteiger partial charge in [0, 0.05) is 12.2 Å². The van der Waals surface area contributed by atoms with Crippen LogP contribution in [0, 0.1) is 13.8 Å². The lowest BCUT2D eigenvalue weighted by Crippen LogP contribution is -2.35. The number of aryl methyl sites for hydroxylation is 2. The fourth-order valence-electron chi connectivity index (χ4n) is 1.56. The predicted octanol–water partition coefficient (Wildman–Crippen LogP) is 0.651. The molecule has 0 saturated carbocycles. The van der Waals surface area contributed by atoms with Crippen LogP contribution in [0.3, 0.4) is 0 Å². The summed E-state index contributed by atoms with van der Waals surface area (Å²) in [5.41, 5.74) is 2.17. The number of aromatic nitrogens is 2. The van der Waals surface area contributed by atoms with Crippen LogP contribution in [-0.4, -0.2) is 35.7 Å². The smallest absolute Gasteiger partial charge is 0.322 e. The molecular formula is C11H19N3O2. The van der Waals surface area contributed by atoms with Crippen LogP contribution in [0.4, 0.5) is 0 Å². The average Bonchev–Trinajstić information content (AvgIpc) is 2.61. The van der Waals surface area contributed by atoms with Crippen LogP contribution in [0.15, 0.2) is 6.33 Å². The van der Waals surface area contributed by atoms with Crippen molar-refractivity contribution in [2.24, 2.45) is 0 Å². The second-order valence-electron chi connectivity index (χ2n) is 3.76. The number of nitrogens with one attached hydrogen (secondary N) is 1. The minimum absolute atomic E-state index is 0.225. The molecule has 0 aromatic carbocycles. The van der Waals surface area contributed by atoms with Crippen molar-refractivity contribution < 1.29 is 9.53 Å². The molecule has 0 aliphatic heterocycles. The zero-order valence-electron chi connectivity index (χ0n) is 10.3. The van der Waals surface area contributed by atoms with Gasteiger partial charge in [-0.3, -0.25) is 4.79 Å². The second kappa shape index (κ2) is 5.65. The molecule has 5 heteroatoms. The van der Waals surface area contributed by atoms with Gasteiger partial charge in [0.05, 0.1) is 19.1 Å². The van der Waals surface area contributed by atoms with Crippen LogP contribution in [0.2, 0.25) is 0 Å². The molecule has 0 aliphatic rings. The zero-order valence-corrected chi connectivity index (χ0v) is 10.3. The molecular weight excluding hydrogens is 206 g/mol. The van der Waals surface area contributed by atoms with Gasteiger partial charge in [0.25, 0.3) is 0 Å². The standard InChI is InChI=1S/C11H19N3O2/c1-8-9(2)14(7-13-8)6-5-10(12-3)11(15)16-4/h7,10,12H,5-6H2,1-4H3. The van der Waals surface area contributed by atoms with Crippen molar-refractivity contribution in [3.8, 4) is 0 Å². The van der Waals surface area contributed by atoms with Gasteiger partial charge in [-0.25, -0.2) is 4.98 Å². The maximum atomic E-state index is 11.3. The Morgan fingerprint density at radius 3 is 2.75 bits per heavy atom. The number of methoxy groups -OCH3 is 1. The predicted molar refractivity (Wildman–Crippen MR) is 61.2 cm³/mol. The van der Waals surface area contributed by atoms with E-state index in [1.165, 1.54) is 7.11 Å². The van der Waals surface area contributed by atoms with Crippen LogP contribution in [-0.2, 0) is 16.1 Å². The van der Waals surface area contributed by atoms with Crippen LogP contribution < -0.4 is 5.32 Å². The molecule has 1 heterocycles. The molecule has 1 rings (SSSR count). The molecule has 1 aromatic heterocycles. The third-order valence-electron chi connectivity index (χ3n) is 2.84. The van der Waals surface area contributed by atoms with Crippen molar-refractivity contribution in [2.45, 2.75) is 32.9 Å². The first-order valence-corrected chi connectivity index (χ1v) is 5.33. The summed E-state index contributed by atoms with van der Waals surface area (Å²) in [7, 11) is 3.16. The van der Waals surface area contributed by atoms with Crippen molar-refractivity contribution >= 4 is 5.97 Å². The normalized spacial score (nSPS) is 12.5.